The smallest absolute Gasteiger partial charge is 0.317 e. The molecule has 0 saturated heterocycles. The quantitative estimate of drug-likeness (QED) is 0.699. The summed E-state index contributed by atoms with van der Waals surface area (Å²) in [4.78, 5) is 24.6. The molecule has 0 unspecified atom stereocenters. The van der Waals surface area contributed by atoms with Gasteiger partial charge < -0.3 is 20.4 Å². The monoisotopic (exact) mass is 292 g/mol. The molecule has 0 atom stereocenters. The third-order valence-corrected chi connectivity index (χ3v) is 3.48. The van der Waals surface area contributed by atoms with Crippen LogP contribution in [0.3, 0.4) is 0 Å². The zero-order valence-electron chi connectivity index (χ0n) is 11.8. The van der Waals surface area contributed by atoms with Crippen molar-refractivity contribution in [2.45, 2.75) is 31.8 Å². The summed E-state index contributed by atoms with van der Waals surface area (Å²) in [6, 6.07) is 7.18. The Bertz CT molecular complexity index is 514. The number of amides is 2. The maximum absolute atomic E-state index is 12.1. The van der Waals surface area contributed by atoms with Gasteiger partial charge in [0, 0.05) is 19.1 Å². The van der Waals surface area contributed by atoms with E-state index < -0.39 is 5.97 Å². The predicted octanol–water partition coefficient (Wildman–Crippen LogP) is 0.980. The lowest BCUT2D eigenvalue weighted by molar-refractivity contribution is -0.136. The minimum Gasteiger partial charge on any atom is -0.481 e. The van der Waals surface area contributed by atoms with Crippen LogP contribution in [-0.2, 0) is 17.8 Å². The second kappa shape index (κ2) is 7.08. The van der Waals surface area contributed by atoms with Gasteiger partial charge >= 0.3 is 12.0 Å². The van der Waals surface area contributed by atoms with Gasteiger partial charge in [-0.25, -0.2) is 4.79 Å². The molecule has 1 aromatic rings. The van der Waals surface area contributed by atoms with Gasteiger partial charge in [-0.1, -0.05) is 24.3 Å². The Morgan fingerprint density at radius 3 is 2.48 bits per heavy atom. The molecule has 1 saturated carbocycles. The first kappa shape index (κ1) is 15.3. The van der Waals surface area contributed by atoms with Crippen molar-refractivity contribution in [3.63, 3.8) is 0 Å². The largest absolute Gasteiger partial charge is 0.481 e. The average molecular weight is 292 g/mol. The van der Waals surface area contributed by atoms with E-state index >= 15 is 0 Å². The number of rotatable bonds is 7. The zero-order valence-corrected chi connectivity index (χ0v) is 11.8. The summed E-state index contributed by atoms with van der Waals surface area (Å²) in [5, 5.41) is 20.7. The van der Waals surface area contributed by atoms with E-state index in [4.69, 9.17) is 10.2 Å². The number of carboxylic acids is 1. The van der Waals surface area contributed by atoms with E-state index in [1.54, 1.807) is 17.0 Å². The lowest BCUT2D eigenvalue weighted by Gasteiger charge is -2.22. The molecule has 21 heavy (non-hydrogen) atoms. The standard InChI is InChI=1S/C15H20N2O4/c18-8-7-17(13-5-6-13)15(21)16-10-12-4-2-1-3-11(12)9-14(19)20/h1-4,13,18H,5-10H2,(H,16,21)(H,19,20). The maximum Gasteiger partial charge on any atom is 0.317 e. The number of urea groups is 1. The molecule has 114 valence electrons. The Labute approximate surface area is 123 Å². The number of hydrogen-bond acceptors (Lipinski definition) is 3. The highest BCUT2D eigenvalue weighted by Crippen LogP contribution is 2.26. The van der Waals surface area contributed by atoms with Crippen LogP contribution < -0.4 is 5.32 Å². The molecule has 1 fully saturated rings. The lowest BCUT2D eigenvalue weighted by Crippen LogP contribution is -2.42. The van der Waals surface area contributed by atoms with Gasteiger partial charge in [0.05, 0.1) is 13.0 Å². The first-order valence-corrected chi connectivity index (χ1v) is 7.05. The second-order valence-electron chi connectivity index (χ2n) is 5.15. The Balaban J connectivity index is 1.95. The molecule has 0 aliphatic heterocycles. The summed E-state index contributed by atoms with van der Waals surface area (Å²) >= 11 is 0. The Hall–Kier alpha value is -2.08. The molecule has 2 rings (SSSR count). The normalized spacial score (nSPS) is 13.8. The molecule has 0 bridgehead atoms. The molecule has 6 nitrogen and oxygen atoms in total. The van der Waals surface area contributed by atoms with Crippen molar-refractivity contribution in [3.05, 3.63) is 35.4 Å². The van der Waals surface area contributed by atoms with Crippen molar-refractivity contribution in [3.8, 4) is 0 Å². The van der Waals surface area contributed by atoms with Gasteiger partial charge in [-0.15, -0.1) is 0 Å². The van der Waals surface area contributed by atoms with Crippen LogP contribution in [-0.4, -0.2) is 46.3 Å². The van der Waals surface area contributed by atoms with E-state index in [2.05, 4.69) is 5.32 Å². The van der Waals surface area contributed by atoms with Crippen molar-refractivity contribution in [2.75, 3.05) is 13.2 Å². The molecular formula is C15H20N2O4. The zero-order chi connectivity index (χ0) is 15.2. The molecule has 1 aliphatic carbocycles. The summed E-state index contributed by atoms with van der Waals surface area (Å²) < 4.78 is 0. The molecule has 0 radical (unpaired) electrons. The summed E-state index contributed by atoms with van der Waals surface area (Å²) in [6.45, 7) is 0.559. The van der Waals surface area contributed by atoms with Gasteiger partial charge in [-0.05, 0) is 24.0 Å². The highest BCUT2D eigenvalue weighted by molar-refractivity contribution is 5.75. The van der Waals surface area contributed by atoms with Gasteiger partial charge in [0.1, 0.15) is 0 Å². The van der Waals surface area contributed by atoms with Crippen molar-refractivity contribution < 1.29 is 19.8 Å². The number of hydrogen-bond donors (Lipinski definition) is 3. The minimum atomic E-state index is -0.895. The molecule has 0 heterocycles. The van der Waals surface area contributed by atoms with Crippen LogP contribution in [0.25, 0.3) is 0 Å². The molecule has 1 aromatic carbocycles. The van der Waals surface area contributed by atoms with Crippen molar-refractivity contribution >= 4 is 12.0 Å². The fourth-order valence-corrected chi connectivity index (χ4v) is 2.28. The third kappa shape index (κ3) is 4.46. The number of aliphatic carboxylic acids is 1. The fraction of sp³-hybridized carbons (Fsp3) is 0.467. The average Bonchev–Trinajstić information content (AvgIpc) is 3.27. The molecule has 6 heteroatoms. The number of carbonyl (C=O) groups excluding carboxylic acids is 1. The maximum atomic E-state index is 12.1. The van der Waals surface area contributed by atoms with E-state index in [0.717, 1.165) is 18.4 Å². The minimum absolute atomic E-state index is 0.0560. The van der Waals surface area contributed by atoms with E-state index in [1.807, 2.05) is 12.1 Å². The number of aliphatic hydroxyl groups is 1. The molecule has 3 N–H and O–H groups in total. The van der Waals surface area contributed by atoms with Gasteiger partial charge in [-0.3, -0.25) is 4.79 Å². The third-order valence-electron chi connectivity index (χ3n) is 3.48. The molecule has 2 amide bonds. The number of carbonyl (C=O) groups is 2. The SMILES string of the molecule is O=C(O)Cc1ccccc1CNC(=O)N(CCO)C1CC1. The van der Waals surface area contributed by atoms with Crippen LogP contribution in [0.5, 0.6) is 0 Å². The van der Waals surface area contributed by atoms with Crippen molar-refractivity contribution in [2.24, 2.45) is 0 Å². The fourth-order valence-electron chi connectivity index (χ4n) is 2.28. The highest BCUT2D eigenvalue weighted by Gasteiger charge is 2.31. The number of aliphatic hydroxyl groups excluding tert-OH is 1. The van der Waals surface area contributed by atoms with E-state index in [1.165, 1.54) is 0 Å². The summed E-state index contributed by atoms with van der Waals surface area (Å²) in [7, 11) is 0. The van der Waals surface area contributed by atoms with Crippen LogP contribution in [0.1, 0.15) is 24.0 Å². The van der Waals surface area contributed by atoms with Gasteiger partial charge in [-0.2, -0.15) is 0 Å². The summed E-state index contributed by atoms with van der Waals surface area (Å²) in [5.41, 5.74) is 1.50. The first-order valence-electron chi connectivity index (χ1n) is 7.05. The van der Waals surface area contributed by atoms with Crippen LogP contribution in [0.2, 0.25) is 0 Å². The van der Waals surface area contributed by atoms with Crippen LogP contribution >= 0.6 is 0 Å². The highest BCUT2D eigenvalue weighted by atomic mass is 16.4. The van der Waals surface area contributed by atoms with E-state index in [0.29, 0.717) is 12.1 Å². The Morgan fingerprint density at radius 2 is 1.90 bits per heavy atom. The summed E-state index contributed by atoms with van der Waals surface area (Å²) in [6.07, 6.45) is 1.89. The first-order chi connectivity index (χ1) is 10.1. The van der Waals surface area contributed by atoms with Crippen molar-refractivity contribution in [1.82, 2.24) is 10.2 Å². The Morgan fingerprint density at radius 1 is 1.24 bits per heavy atom. The van der Waals surface area contributed by atoms with Gasteiger partial charge in [0.25, 0.3) is 0 Å². The molecule has 0 aromatic heterocycles. The van der Waals surface area contributed by atoms with Crippen molar-refractivity contribution in [1.29, 1.82) is 0 Å². The summed E-state index contributed by atoms with van der Waals surface area (Å²) in [5.74, 6) is -0.895. The topological polar surface area (TPSA) is 89.9 Å². The van der Waals surface area contributed by atoms with E-state index in [9.17, 15) is 9.59 Å². The Kier molecular flexibility index (Phi) is 5.16. The second-order valence-corrected chi connectivity index (χ2v) is 5.15. The van der Waals surface area contributed by atoms with E-state index in [-0.39, 0.29) is 31.6 Å². The predicted molar refractivity (Wildman–Crippen MR) is 76.8 cm³/mol. The number of nitrogens with one attached hydrogen (secondary N) is 1. The number of nitrogens with zero attached hydrogens (tertiary/aromatic N) is 1. The lowest BCUT2D eigenvalue weighted by atomic mass is 10.0. The number of benzene rings is 1. The van der Waals surface area contributed by atoms with Crippen LogP contribution in [0.15, 0.2) is 24.3 Å². The van der Waals surface area contributed by atoms with Gasteiger partial charge in [0.15, 0.2) is 0 Å². The molecular weight excluding hydrogens is 272 g/mol. The molecule has 1 aliphatic rings. The van der Waals surface area contributed by atoms with Crippen LogP contribution in [0.4, 0.5) is 4.79 Å². The molecule has 0 spiro atoms. The van der Waals surface area contributed by atoms with Gasteiger partial charge in [0.2, 0.25) is 0 Å². The number of carboxylic acid groups (broad SMARTS) is 1. The van der Waals surface area contributed by atoms with Crippen LogP contribution in [0, 0.1) is 0 Å².